The lowest BCUT2D eigenvalue weighted by Gasteiger charge is -2.29. The zero-order chi connectivity index (χ0) is 20.9. The molecule has 0 aliphatic heterocycles. The lowest BCUT2D eigenvalue weighted by Crippen LogP contribution is -2.37. The summed E-state index contributed by atoms with van der Waals surface area (Å²) in [6.07, 6.45) is 0. The van der Waals surface area contributed by atoms with Gasteiger partial charge in [0.05, 0.1) is 12.5 Å². The Morgan fingerprint density at radius 3 is 1.86 bits per heavy atom. The van der Waals surface area contributed by atoms with E-state index in [0.29, 0.717) is 23.0 Å². The molecule has 29 heavy (non-hydrogen) atoms. The topological polar surface area (TPSA) is 70.8 Å². The first-order valence-electron chi connectivity index (χ1n) is 9.35. The van der Waals surface area contributed by atoms with E-state index in [4.69, 9.17) is 19.9 Å². The summed E-state index contributed by atoms with van der Waals surface area (Å²) in [5.74, 6) is 2.04. The number of esters is 1. The maximum Gasteiger partial charge on any atom is 0.313 e. The van der Waals surface area contributed by atoms with Crippen LogP contribution in [0.3, 0.4) is 0 Å². The van der Waals surface area contributed by atoms with Crippen molar-refractivity contribution in [3.8, 4) is 23.0 Å². The van der Waals surface area contributed by atoms with Gasteiger partial charge in [-0.3, -0.25) is 4.79 Å². The van der Waals surface area contributed by atoms with E-state index in [-0.39, 0.29) is 5.97 Å². The second-order valence-corrected chi connectivity index (χ2v) is 7.23. The van der Waals surface area contributed by atoms with Crippen LogP contribution in [-0.2, 0) is 9.53 Å². The Morgan fingerprint density at radius 1 is 0.828 bits per heavy atom. The summed E-state index contributed by atoms with van der Waals surface area (Å²) < 4.78 is 17.0. The second-order valence-electron chi connectivity index (χ2n) is 7.23. The molecule has 0 aromatic heterocycles. The molecule has 3 aromatic carbocycles. The van der Waals surface area contributed by atoms with Crippen LogP contribution in [0.5, 0.6) is 23.0 Å². The minimum Gasteiger partial charge on any atom is -0.469 e. The van der Waals surface area contributed by atoms with E-state index in [1.54, 1.807) is 26.0 Å². The van der Waals surface area contributed by atoms with Gasteiger partial charge >= 0.3 is 5.97 Å². The Morgan fingerprint density at radius 2 is 1.34 bits per heavy atom. The zero-order valence-corrected chi connectivity index (χ0v) is 16.8. The highest BCUT2D eigenvalue weighted by Crippen LogP contribution is 2.40. The first-order chi connectivity index (χ1) is 13.9. The van der Waals surface area contributed by atoms with Crippen LogP contribution in [0, 0.1) is 5.41 Å². The van der Waals surface area contributed by atoms with Crippen molar-refractivity contribution >= 4 is 5.97 Å². The molecule has 0 heterocycles. The summed E-state index contributed by atoms with van der Waals surface area (Å²) >= 11 is 0. The molecule has 0 aliphatic rings. The Bertz CT molecular complexity index is 955. The highest BCUT2D eigenvalue weighted by molar-refractivity contribution is 5.77. The molecule has 0 aliphatic carbocycles. The average molecular weight is 391 g/mol. The molecule has 5 heteroatoms. The van der Waals surface area contributed by atoms with Gasteiger partial charge in [-0.1, -0.05) is 42.5 Å². The van der Waals surface area contributed by atoms with Gasteiger partial charge in [-0.15, -0.1) is 0 Å². The largest absolute Gasteiger partial charge is 0.469 e. The lowest BCUT2D eigenvalue weighted by molar-refractivity contribution is -0.152. The van der Waals surface area contributed by atoms with Gasteiger partial charge in [0.1, 0.15) is 11.5 Å². The fourth-order valence-corrected chi connectivity index (χ4v) is 2.92. The summed E-state index contributed by atoms with van der Waals surface area (Å²) in [5, 5.41) is 0. The van der Waals surface area contributed by atoms with Gasteiger partial charge < -0.3 is 19.9 Å². The third-order valence-corrected chi connectivity index (χ3v) is 4.76. The van der Waals surface area contributed by atoms with Gasteiger partial charge in [0.25, 0.3) is 0 Å². The maximum absolute atomic E-state index is 12.2. The van der Waals surface area contributed by atoms with Crippen LogP contribution in [0.4, 0.5) is 0 Å². The minimum absolute atomic E-state index is 0.375. The summed E-state index contributed by atoms with van der Waals surface area (Å²) in [7, 11) is 1.36. The minimum atomic E-state index is -0.902. The number of hydrogen-bond donors (Lipinski definition) is 1. The van der Waals surface area contributed by atoms with Crippen molar-refractivity contribution in [2.24, 2.45) is 11.1 Å². The van der Waals surface area contributed by atoms with Crippen LogP contribution in [0.1, 0.15) is 25.5 Å². The van der Waals surface area contributed by atoms with Crippen molar-refractivity contribution < 1.29 is 19.0 Å². The maximum atomic E-state index is 12.2. The Labute approximate surface area is 171 Å². The van der Waals surface area contributed by atoms with Crippen LogP contribution in [0.25, 0.3) is 0 Å². The number of para-hydroxylation sites is 2. The van der Waals surface area contributed by atoms with E-state index < -0.39 is 11.5 Å². The van der Waals surface area contributed by atoms with Crippen molar-refractivity contribution in [1.29, 1.82) is 0 Å². The molecular formula is C24H25NO4. The molecule has 0 radical (unpaired) electrons. The fraction of sp³-hybridized carbons (Fsp3) is 0.208. The second kappa shape index (κ2) is 8.80. The van der Waals surface area contributed by atoms with Crippen molar-refractivity contribution in [2.75, 3.05) is 7.11 Å². The van der Waals surface area contributed by atoms with E-state index in [2.05, 4.69) is 0 Å². The number of rotatable bonds is 7. The molecule has 2 N–H and O–H groups in total. The summed E-state index contributed by atoms with van der Waals surface area (Å²) in [6.45, 7) is 3.52. The summed E-state index contributed by atoms with van der Waals surface area (Å²) in [5.41, 5.74) is 6.26. The summed E-state index contributed by atoms with van der Waals surface area (Å²) in [4.78, 5) is 12.2. The highest BCUT2D eigenvalue weighted by Gasteiger charge is 2.37. The lowest BCUT2D eigenvalue weighted by atomic mass is 9.81. The smallest absolute Gasteiger partial charge is 0.313 e. The third kappa shape index (κ3) is 4.76. The SMILES string of the molecule is COC(=O)C(C)(C)[C@@H](N)c1ccc(Oc2ccccc2)c(Oc2ccccc2)c1. The normalized spacial score (nSPS) is 12.1. The van der Waals surface area contributed by atoms with Gasteiger partial charge in [0, 0.05) is 6.04 Å². The molecule has 0 amide bonds. The number of ether oxygens (including phenoxy) is 3. The van der Waals surface area contributed by atoms with Gasteiger partial charge in [-0.25, -0.2) is 0 Å². The predicted octanol–water partition coefficient (Wildman–Crippen LogP) is 5.47. The van der Waals surface area contributed by atoms with Crippen LogP contribution in [-0.4, -0.2) is 13.1 Å². The average Bonchev–Trinajstić information content (AvgIpc) is 2.75. The predicted molar refractivity (Wildman–Crippen MR) is 112 cm³/mol. The van der Waals surface area contributed by atoms with Gasteiger partial charge in [-0.05, 0) is 55.8 Å². The van der Waals surface area contributed by atoms with Gasteiger partial charge in [0.15, 0.2) is 11.5 Å². The van der Waals surface area contributed by atoms with Crippen molar-refractivity contribution in [3.05, 3.63) is 84.4 Å². The highest BCUT2D eigenvalue weighted by atomic mass is 16.5. The molecule has 0 fully saturated rings. The van der Waals surface area contributed by atoms with E-state index in [1.807, 2.05) is 66.7 Å². The van der Waals surface area contributed by atoms with Crippen LogP contribution < -0.4 is 15.2 Å². The molecule has 0 bridgehead atoms. The molecule has 1 atom stereocenters. The van der Waals surface area contributed by atoms with Gasteiger partial charge in [-0.2, -0.15) is 0 Å². The molecule has 0 spiro atoms. The zero-order valence-electron chi connectivity index (χ0n) is 16.8. The Kier molecular flexibility index (Phi) is 6.20. The van der Waals surface area contributed by atoms with Crippen molar-refractivity contribution in [2.45, 2.75) is 19.9 Å². The van der Waals surface area contributed by atoms with E-state index in [1.165, 1.54) is 7.11 Å². The Hall–Kier alpha value is -3.31. The fourth-order valence-electron chi connectivity index (χ4n) is 2.92. The summed E-state index contributed by atoms with van der Waals surface area (Å²) in [6, 6.07) is 23.7. The number of carbonyl (C=O) groups is 1. The molecule has 0 saturated carbocycles. The molecule has 3 aromatic rings. The number of carbonyl (C=O) groups excluding carboxylic acids is 1. The van der Waals surface area contributed by atoms with Crippen LogP contribution >= 0.6 is 0 Å². The number of benzene rings is 3. The molecular weight excluding hydrogens is 366 g/mol. The van der Waals surface area contributed by atoms with E-state index in [0.717, 1.165) is 5.56 Å². The monoisotopic (exact) mass is 391 g/mol. The van der Waals surface area contributed by atoms with Gasteiger partial charge in [0.2, 0.25) is 0 Å². The first-order valence-corrected chi connectivity index (χ1v) is 9.35. The quantitative estimate of drug-likeness (QED) is 0.541. The third-order valence-electron chi connectivity index (χ3n) is 4.76. The Balaban J connectivity index is 1.98. The van der Waals surface area contributed by atoms with Crippen molar-refractivity contribution in [3.63, 3.8) is 0 Å². The molecule has 0 unspecified atom stereocenters. The van der Waals surface area contributed by atoms with Crippen LogP contribution in [0.15, 0.2) is 78.9 Å². The molecule has 0 saturated heterocycles. The number of hydrogen-bond acceptors (Lipinski definition) is 5. The standard InChI is InChI=1S/C24H25NO4/c1-24(2,23(26)27-3)22(25)17-14-15-20(28-18-10-6-4-7-11-18)21(16-17)29-19-12-8-5-9-13-19/h4-16,22H,25H2,1-3H3/t22-/m0/s1. The van der Waals surface area contributed by atoms with Crippen LogP contribution in [0.2, 0.25) is 0 Å². The molecule has 5 nitrogen and oxygen atoms in total. The van der Waals surface area contributed by atoms with Crippen molar-refractivity contribution in [1.82, 2.24) is 0 Å². The number of methoxy groups -OCH3 is 1. The molecule has 3 rings (SSSR count). The first kappa shape index (κ1) is 20.4. The molecule has 150 valence electrons. The number of nitrogens with two attached hydrogens (primary N) is 1. The van der Waals surface area contributed by atoms with E-state index in [9.17, 15) is 4.79 Å². The van der Waals surface area contributed by atoms with E-state index >= 15 is 0 Å².